The average molecular weight is 261 g/mol. The zero-order valence-corrected chi connectivity index (χ0v) is 11.7. The van der Waals surface area contributed by atoms with Crippen molar-refractivity contribution < 1.29 is 9.59 Å². The molecule has 19 heavy (non-hydrogen) atoms. The summed E-state index contributed by atoms with van der Waals surface area (Å²) in [5.74, 6) is -0.206. The molecule has 1 N–H and O–H groups in total. The van der Waals surface area contributed by atoms with E-state index >= 15 is 0 Å². The molecule has 0 spiro atoms. The summed E-state index contributed by atoms with van der Waals surface area (Å²) in [5.41, 5.74) is 1.69. The SMILES string of the molecule is CC1NC(=O)C(C)N(c2ccccc2N(C)C)C1=O. The van der Waals surface area contributed by atoms with E-state index in [0.717, 1.165) is 11.4 Å². The van der Waals surface area contributed by atoms with E-state index in [9.17, 15) is 9.59 Å². The van der Waals surface area contributed by atoms with Crippen molar-refractivity contribution in [2.24, 2.45) is 0 Å². The third-order valence-electron chi connectivity index (χ3n) is 3.36. The molecule has 0 aliphatic carbocycles. The minimum Gasteiger partial charge on any atom is -0.376 e. The largest absolute Gasteiger partial charge is 0.376 e. The number of rotatable bonds is 2. The first-order valence-electron chi connectivity index (χ1n) is 6.33. The van der Waals surface area contributed by atoms with Crippen molar-refractivity contribution in [1.82, 2.24) is 5.32 Å². The van der Waals surface area contributed by atoms with Crippen LogP contribution in [0.25, 0.3) is 0 Å². The Bertz CT molecular complexity index is 513. The number of piperazine rings is 1. The van der Waals surface area contributed by atoms with Crippen molar-refractivity contribution in [3.63, 3.8) is 0 Å². The van der Waals surface area contributed by atoms with E-state index in [4.69, 9.17) is 0 Å². The molecule has 2 rings (SSSR count). The van der Waals surface area contributed by atoms with Crippen LogP contribution in [-0.2, 0) is 9.59 Å². The second-order valence-electron chi connectivity index (χ2n) is 5.00. The Kier molecular flexibility index (Phi) is 3.46. The second-order valence-corrected chi connectivity index (χ2v) is 5.00. The molecule has 2 atom stereocenters. The Morgan fingerprint density at radius 1 is 1.16 bits per heavy atom. The summed E-state index contributed by atoms with van der Waals surface area (Å²) in [6, 6.07) is 6.62. The van der Waals surface area contributed by atoms with Gasteiger partial charge in [-0.15, -0.1) is 0 Å². The summed E-state index contributed by atoms with van der Waals surface area (Å²) >= 11 is 0. The molecule has 0 bridgehead atoms. The van der Waals surface area contributed by atoms with Gasteiger partial charge in [-0.3, -0.25) is 14.5 Å². The fraction of sp³-hybridized carbons (Fsp3) is 0.429. The molecule has 1 heterocycles. The zero-order chi connectivity index (χ0) is 14.2. The fourth-order valence-electron chi connectivity index (χ4n) is 2.29. The highest BCUT2D eigenvalue weighted by Crippen LogP contribution is 2.31. The standard InChI is InChI=1S/C14H19N3O2/c1-9-14(19)17(10(2)13(18)15-9)12-8-6-5-7-11(12)16(3)4/h5-10H,1-4H3,(H,15,18). The Hall–Kier alpha value is -2.04. The van der Waals surface area contributed by atoms with E-state index in [-0.39, 0.29) is 11.8 Å². The smallest absolute Gasteiger partial charge is 0.250 e. The van der Waals surface area contributed by atoms with E-state index in [0.29, 0.717) is 0 Å². The van der Waals surface area contributed by atoms with Crippen molar-refractivity contribution in [1.29, 1.82) is 0 Å². The number of hydrogen-bond donors (Lipinski definition) is 1. The number of nitrogens with one attached hydrogen (secondary N) is 1. The number of carbonyl (C=O) groups excluding carboxylic acids is 2. The van der Waals surface area contributed by atoms with Crippen LogP contribution in [0.15, 0.2) is 24.3 Å². The summed E-state index contributed by atoms with van der Waals surface area (Å²) in [4.78, 5) is 27.8. The van der Waals surface area contributed by atoms with Gasteiger partial charge in [-0.1, -0.05) is 12.1 Å². The average Bonchev–Trinajstić information content (AvgIpc) is 2.37. The number of nitrogens with zero attached hydrogens (tertiary/aromatic N) is 2. The van der Waals surface area contributed by atoms with E-state index in [1.165, 1.54) is 0 Å². The van der Waals surface area contributed by atoms with E-state index in [1.54, 1.807) is 18.7 Å². The van der Waals surface area contributed by atoms with Gasteiger partial charge >= 0.3 is 0 Å². The van der Waals surface area contributed by atoms with Gasteiger partial charge in [0.05, 0.1) is 11.4 Å². The summed E-state index contributed by atoms with van der Waals surface area (Å²) < 4.78 is 0. The van der Waals surface area contributed by atoms with E-state index in [2.05, 4.69) is 5.32 Å². The first-order chi connectivity index (χ1) is 8.93. The molecule has 0 radical (unpaired) electrons. The first kappa shape index (κ1) is 13.4. The lowest BCUT2D eigenvalue weighted by molar-refractivity contribution is -0.133. The molecule has 1 aliphatic rings. The number of anilines is 2. The molecule has 1 saturated heterocycles. The molecule has 5 nitrogen and oxygen atoms in total. The van der Waals surface area contributed by atoms with E-state index < -0.39 is 12.1 Å². The molecule has 1 aromatic rings. The van der Waals surface area contributed by atoms with Gasteiger partial charge in [-0.25, -0.2) is 0 Å². The summed E-state index contributed by atoms with van der Waals surface area (Å²) in [7, 11) is 3.84. The van der Waals surface area contributed by atoms with E-state index in [1.807, 2.05) is 43.3 Å². The first-order valence-corrected chi connectivity index (χ1v) is 6.33. The molecule has 1 aromatic carbocycles. The minimum atomic E-state index is -0.496. The van der Waals surface area contributed by atoms with Crippen LogP contribution in [0, 0.1) is 0 Å². The molecule has 102 valence electrons. The van der Waals surface area contributed by atoms with Crippen molar-refractivity contribution in [2.45, 2.75) is 25.9 Å². The van der Waals surface area contributed by atoms with Crippen LogP contribution in [0.5, 0.6) is 0 Å². The van der Waals surface area contributed by atoms with Crippen LogP contribution in [0.3, 0.4) is 0 Å². The molecule has 5 heteroatoms. The molecule has 2 amide bonds. The Labute approximate surface area is 113 Å². The molecular weight excluding hydrogens is 242 g/mol. The summed E-state index contributed by atoms with van der Waals surface area (Å²) in [6.45, 7) is 3.45. The number of amides is 2. The maximum atomic E-state index is 12.3. The highest BCUT2D eigenvalue weighted by Gasteiger charge is 2.37. The minimum absolute atomic E-state index is 0.0820. The fourth-order valence-corrected chi connectivity index (χ4v) is 2.29. The highest BCUT2D eigenvalue weighted by atomic mass is 16.2. The topological polar surface area (TPSA) is 52.7 Å². The molecular formula is C14H19N3O2. The summed E-state index contributed by atoms with van der Waals surface area (Å²) in [6.07, 6.45) is 0. The second kappa shape index (κ2) is 4.91. The molecule has 1 fully saturated rings. The van der Waals surface area contributed by atoms with Gasteiger partial charge in [0.25, 0.3) is 0 Å². The van der Waals surface area contributed by atoms with Gasteiger partial charge < -0.3 is 10.2 Å². The van der Waals surface area contributed by atoms with Crippen LogP contribution in [0.4, 0.5) is 11.4 Å². The molecule has 1 aliphatic heterocycles. The van der Waals surface area contributed by atoms with Crippen LogP contribution >= 0.6 is 0 Å². The quantitative estimate of drug-likeness (QED) is 0.864. The van der Waals surface area contributed by atoms with Crippen LogP contribution in [0.1, 0.15) is 13.8 Å². The molecule has 0 aromatic heterocycles. The zero-order valence-electron chi connectivity index (χ0n) is 11.7. The number of carbonyl (C=O) groups is 2. The van der Waals surface area contributed by atoms with Crippen molar-refractivity contribution >= 4 is 23.2 Å². The monoisotopic (exact) mass is 261 g/mol. The number of hydrogen-bond acceptors (Lipinski definition) is 3. The lowest BCUT2D eigenvalue weighted by Crippen LogP contribution is -2.61. The predicted molar refractivity (Wildman–Crippen MR) is 75.3 cm³/mol. The highest BCUT2D eigenvalue weighted by molar-refractivity contribution is 6.09. The van der Waals surface area contributed by atoms with Crippen molar-refractivity contribution in [3.8, 4) is 0 Å². The molecule has 2 unspecified atom stereocenters. The van der Waals surface area contributed by atoms with Crippen LogP contribution < -0.4 is 15.1 Å². The Morgan fingerprint density at radius 3 is 2.42 bits per heavy atom. The van der Waals surface area contributed by atoms with Crippen LogP contribution in [-0.4, -0.2) is 38.0 Å². The maximum absolute atomic E-state index is 12.3. The lowest BCUT2D eigenvalue weighted by Gasteiger charge is -2.37. The van der Waals surface area contributed by atoms with Gasteiger partial charge in [0.2, 0.25) is 11.8 Å². The number of para-hydroxylation sites is 2. The Balaban J connectivity index is 2.49. The lowest BCUT2D eigenvalue weighted by atomic mass is 10.1. The van der Waals surface area contributed by atoms with Gasteiger partial charge in [0.1, 0.15) is 12.1 Å². The number of benzene rings is 1. The van der Waals surface area contributed by atoms with Crippen LogP contribution in [0.2, 0.25) is 0 Å². The predicted octanol–water partition coefficient (Wildman–Crippen LogP) is 0.992. The van der Waals surface area contributed by atoms with Crippen molar-refractivity contribution in [2.75, 3.05) is 23.9 Å². The normalized spacial score (nSPS) is 23.3. The third-order valence-corrected chi connectivity index (χ3v) is 3.36. The third kappa shape index (κ3) is 2.28. The maximum Gasteiger partial charge on any atom is 0.250 e. The van der Waals surface area contributed by atoms with Gasteiger partial charge in [-0.2, -0.15) is 0 Å². The Morgan fingerprint density at radius 2 is 1.79 bits per heavy atom. The van der Waals surface area contributed by atoms with Gasteiger partial charge in [-0.05, 0) is 26.0 Å². The van der Waals surface area contributed by atoms with Gasteiger partial charge in [0, 0.05) is 14.1 Å². The molecule has 0 saturated carbocycles. The summed E-state index contributed by atoms with van der Waals surface area (Å²) in [5, 5.41) is 2.68. The van der Waals surface area contributed by atoms with Gasteiger partial charge in [0.15, 0.2) is 0 Å². The van der Waals surface area contributed by atoms with Crippen molar-refractivity contribution in [3.05, 3.63) is 24.3 Å².